The lowest BCUT2D eigenvalue weighted by molar-refractivity contribution is -0.121. The summed E-state index contributed by atoms with van der Waals surface area (Å²) in [7, 11) is 0. The van der Waals surface area contributed by atoms with E-state index in [1.807, 2.05) is 18.2 Å². The van der Waals surface area contributed by atoms with E-state index < -0.39 is 11.8 Å². The third-order valence-corrected chi connectivity index (χ3v) is 8.57. The maximum atomic E-state index is 14.9. The van der Waals surface area contributed by atoms with E-state index in [9.17, 15) is 14.0 Å². The van der Waals surface area contributed by atoms with E-state index in [-0.39, 0.29) is 17.7 Å². The number of rotatable bonds is 6. The molecule has 3 heterocycles. The average Bonchev–Trinajstić information content (AvgIpc) is 3.48. The largest absolute Gasteiger partial charge is 0.369 e. The number of nitrogens with one attached hydrogen (secondary N) is 3. The molecule has 1 saturated heterocycles. The number of fused-ring (bicyclic) bond motifs is 3. The monoisotopic (exact) mass is 702 g/mol. The van der Waals surface area contributed by atoms with Gasteiger partial charge in [0.05, 0.1) is 23.9 Å². The number of nitrogens with two attached hydrogens (primary N) is 1. The van der Waals surface area contributed by atoms with Gasteiger partial charge in [-0.25, -0.2) is 14.4 Å². The van der Waals surface area contributed by atoms with Crippen LogP contribution >= 0.6 is 22.6 Å². The van der Waals surface area contributed by atoms with E-state index >= 15 is 0 Å². The quantitative estimate of drug-likeness (QED) is 0.0984. The second-order valence-corrected chi connectivity index (χ2v) is 11.3. The van der Waals surface area contributed by atoms with Crippen molar-refractivity contribution in [3.05, 3.63) is 107 Å². The van der Waals surface area contributed by atoms with Gasteiger partial charge in [-0.15, -0.1) is 0 Å². The number of amides is 2. The van der Waals surface area contributed by atoms with Crippen LogP contribution in [0, 0.1) is 17.1 Å². The number of carbonyl (C=O) groups excluding carboxylic acids is 2. The SMILES string of the molecule is N=C(NC(=O)c1ccc(Nc2ncc3c(n2)-c2ccc(CI)cc2C(c2ccccc2F)=NC3)cc1)N1CCC(C(N)=O)C1. The Hall–Kier alpha value is -4.72. The van der Waals surface area contributed by atoms with Gasteiger partial charge in [0.15, 0.2) is 5.96 Å². The molecule has 222 valence electrons. The third kappa shape index (κ3) is 6.02. The summed E-state index contributed by atoms with van der Waals surface area (Å²) in [6.45, 7) is 1.10. The van der Waals surface area contributed by atoms with Crippen LogP contribution in [-0.4, -0.2) is 51.4 Å². The first kappa shape index (κ1) is 29.4. The Bertz CT molecular complexity index is 1810. The van der Waals surface area contributed by atoms with Crippen molar-refractivity contribution < 1.29 is 14.0 Å². The summed E-state index contributed by atoms with van der Waals surface area (Å²) in [6.07, 6.45) is 2.28. The van der Waals surface area contributed by atoms with Crippen molar-refractivity contribution >= 4 is 57.7 Å². The molecule has 10 nitrogen and oxygen atoms in total. The minimum atomic E-state index is -0.432. The number of likely N-dealkylation sites (tertiary alicyclic amines) is 1. The van der Waals surface area contributed by atoms with Gasteiger partial charge < -0.3 is 16.0 Å². The number of aliphatic imine (C=N–C) groups is 1. The molecular formula is C32H28FIN8O2. The highest BCUT2D eigenvalue weighted by Gasteiger charge is 2.29. The Kier molecular flexibility index (Phi) is 8.33. The second-order valence-electron chi connectivity index (χ2n) is 10.6. The van der Waals surface area contributed by atoms with E-state index in [0.717, 1.165) is 26.7 Å². The summed E-state index contributed by atoms with van der Waals surface area (Å²) < 4.78 is 15.7. The van der Waals surface area contributed by atoms with Crippen LogP contribution in [0.1, 0.15) is 39.0 Å². The molecule has 1 unspecified atom stereocenters. The smallest absolute Gasteiger partial charge is 0.257 e. The van der Waals surface area contributed by atoms with Gasteiger partial charge in [-0.3, -0.25) is 25.3 Å². The molecule has 1 aromatic heterocycles. The molecule has 44 heavy (non-hydrogen) atoms. The molecule has 0 saturated carbocycles. The zero-order chi connectivity index (χ0) is 30.8. The maximum Gasteiger partial charge on any atom is 0.257 e. The van der Waals surface area contributed by atoms with Crippen LogP contribution in [0.5, 0.6) is 0 Å². The topological polar surface area (TPSA) is 149 Å². The van der Waals surface area contributed by atoms with E-state index in [1.54, 1.807) is 53.6 Å². The Labute approximate surface area is 266 Å². The van der Waals surface area contributed by atoms with Crippen LogP contribution in [0.15, 0.2) is 77.9 Å². The van der Waals surface area contributed by atoms with Gasteiger partial charge in [-0.1, -0.05) is 46.9 Å². The van der Waals surface area contributed by atoms with E-state index in [1.165, 1.54) is 6.07 Å². The lowest BCUT2D eigenvalue weighted by Crippen LogP contribution is -2.42. The fraction of sp³-hybridized carbons (Fsp3) is 0.188. The normalized spacial score (nSPS) is 15.5. The minimum Gasteiger partial charge on any atom is -0.369 e. The summed E-state index contributed by atoms with van der Waals surface area (Å²) in [5.41, 5.74) is 11.7. The summed E-state index contributed by atoms with van der Waals surface area (Å²) in [5, 5.41) is 14.0. The third-order valence-electron chi connectivity index (χ3n) is 7.69. The molecular weight excluding hydrogens is 674 g/mol. The first-order valence-corrected chi connectivity index (χ1v) is 15.5. The zero-order valence-electron chi connectivity index (χ0n) is 23.5. The Balaban J connectivity index is 1.21. The van der Waals surface area contributed by atoms with Crippen molar-refractivity contribution in [2.75, 3.05) is 18.4 Å². The van der Waals surface area contributed by atoms with Gasteiger partial charge in [0.2, 0.25) is 11.9 Å². The van der Waals surface area contributed by atoms with Crippen LogP contribution in [0.2, 0.25) is 0 Å². The number of guanidine groups is 1. The molecule has 0 bridgehead atoms. The number of aromatic nitrogens is 2. The van der Waals surface area contributed by atoms with Gasteiger partial charge in [0.1, 0.15) is 5.82 Å². The summed E-state index contributed by atoms with van der Waals surface area (Å²) in [5.74, 6) is -1.19. The molecule has 2 amide bonds. The van der Waals surface area contributed by atoms with Gasteiger partial charge in [-0.05, 0) is 54.4 Å². The number of benzene rings is 3. The van der Waals surface area contributed by atoms with Crippen molar-refractivity contribution in [2.24, 2.45) is 16.6 Å². The molecule has 1 atom stereocenters. The van der Waals surface area contributed by atoms with Crippen LogP contribution in [0.25, 0.3) is 11.3 Å². The number of alkyl halides is 1. The fourth-order valence-electron chi connectivity index (χ4n) is 5.31. The number of halogens is 2. The highest BCUT2D eigenvalue weighted by Crippen LogP contribution is 2.34. The highest BCUT2D eigenvalue weighted by atomic mass is 127. The van der Waals surface area contributed by atoms with Crippen LogP contribution in [-0.2, 0) is 15.8 Å². The van der Waals surface area contributed by atoms with E-state index in [2.05, 4.69) is 38.2 Å². The molecule has 0 radical (unpaired) electrons. The average molecular weight is 703 g/mol. The molecule has 12 heteroatoms. The number of hydrogen-bond donors (Lipinski definition) is 4. The summed E-state index contributed by atoms with van der Waals surface area (Å²) in [6, 6.07) is 19.5. The molecule has 3 aromatic carbocycles. The predicted molar refractivity (Wildman–Crippen MR) is 175 cm³/mol. The molecule has 2 aliphatic rings. The number of primary amides is 1. The van der Waals surface area contributed by atoms with Crippen molar-refractivity contribution in [3.8, 4) is 11.3 Å². The molecule has 1 fully saturated rings. The van der Waals surface area contributed by atoms with Gasteiger partial charge in [-0.2, -0.15) is 0 Å². The summed E-state index contributed by atoms with van der Waals surface area (Å²) in [4.78, 5) is 39.9. The van der Waals surface area contributed by atoms with Crippen LogP contribution < -0.4 is 16.4 Å². The van der Waals surface area contributed by atoms with Crippen molar-refractivity contribution in [1.29, 1.82) is 5.41 Å². The first-order valence-electron chi connectivity index (χ1n) is 14.0. The molecule has 0 aliphatic carbocycles. The minimum absolute atomic E-state index is 0.0626. The lowest BCUT2D eigenvalue weighted by Gasteiger charge is -2.19. The number of nitrogens with zero attached hydrogens (tertiary/aromatic N) is 4. The molecule has 4 aromatic rings. The Morgan fingerprint density at radius 1 is 1.07 bits per heavy atom. The van der Waals surface area contributed by atoms with Gasteiger partial charge in [0, 0.05) is 57.2 Å². The van der Waals surface area contributed by atoms with E-state index in [4.69, 9.17) is 21.1 Å². The molecule has 0 spiro atoms. The molecule has 2 aliphatic heterocycles. The second kappa shape index (κ2) is 12.5. The van der Waals surface area contributed by atoms with Crippen molar-refractivity contribution in [1.82, 2.24) is 20.2 Å². The summed E-state index contributed by atoms with van der Waals surface area (Å²) >= 11 is 2.30. The Morgan fingerprint density at radius 3 is 2.59 bits per heavy atom. The standard InChI is InChI=1S/C32H28FIN8O2/c33-26-4-2-1-3-24(26)28-25-13-18(14-34)5-10-23(25)27-21(15-37-28)16-38-32(40-27)39-22-8-6-19(7-9-22)30(44)41-31(36)42-12-11-20(17-42)29(35)43/h1-10,13,16,20H,11-12,14-15,17H2,(H2,35,43)(H2,36,41,44)(H,38,39,40). The first-order chi connectivity index (χ1) is 21.3. The van der Waals surface area contributed by atoms with Gasteiger partial charge in [0.25, 0.3) is 5.91 Å². The number of carbonyl (C=O) groups is 2. The molecule has 6 rings (SSSR count). The molecule has 5 N–H and O–H groups in total. The fourth-order valence-corrected chi connectivity index (χ4v) is 5.79. The Morgan fingerprint density at radius 2 is 1.86 bits per heavy atom. The van der Waals surface area contributed by atoms with Crippen LogP contribution in [0.4, 0.5) is 16.0 Å². The van der Waals surface area contributed by atoms with Crippen LogP contribution in [0.3, 0.4) is 0 Å². The zero-order valence-corrected chi connectivity index (χ0v) is 25.6. The lowest BCUT2D eigenvalue weighted by atomic mass is 9.93. The van der Waals surface area contributed by atoms with Gasteiger partial charge >= 0.3 is 0 Å². The van der Waals surface area contributed by atoms with Crippen molar-refractivity contribution in [3.63, 3.8) is 0 Å². The van der Waals surface area contributed by atoms with E-state index in [0.29, 0.717) is 60.2 Å². The predicted octanol–water partition coefficient (Wildman–Crippen LogP) is 4.78. The number of anilines is 2. The number of hydrogen-bond acceptors (Lipinski definition) is 7. The highest BCUT2D eigenvalue weighted by molar-refractivity contribution is 14.1. The van der Waals surface area contributed by atoms with Crippen molar-refractivity contribution in [2.45, 2.75) is 17.4 Å². The maximum absolute atomic E-state index is 14.9.